The van der Waals surface area contributed by atoms with Crippen molar-refractivity contribution in [2.75, 3.05) is 4.90 Å². The monoisotopic (exact) mass is 470 g/mol. The van der Waals surface area contributed by atoms with E-state index < -0.39 is 23.8 Å². The number of hydrogen-bond acceptors (Lipinski definition) is 5. The highest BCUT2D eigenvalue weighted by atomic mass is 16.5. The number of barbiturate groups is 1. The fourth-order valence-corrected chi connectivity index (χ4v) is 3.70. The van der Waals surface area contributed by atoms with Gasteiger partial charge in [0.25, 0.3) is 11.8 Å². The van der Waals surface area contributed by atoms with Crippen molar-refractivity contribution < 1.29 is 29.0 Å². The van der Waals surface area contributed by atoms with Gasteiger partial charge < -0.3 is 9.84 Å². The van der Waals surface area contributed by atoms with Gasteiger partial charge >= 0.3 is 12.0 Å². The molecule has 0 saturated carbocycles. The van der Waals surface area contributed by atoms with Gasteiger partial charge in [-0.2, -0.15) is 0 Å². The summed E-state index contributed by atoms with van der Waals surface area (Å²) in [5.41, 5.74) is 2.41. The van der Waals surface area contributed by atoms with Gasteiger partial charge in [-0.1, -0.05) is 55.5 Å². The fourth-order valence-electron chi connectivity index (χ4n) is 3.70. The van der Waals surface area contributed by atoms with Crippen LogP contribution in [0, 0.1) is 0 Å². The van der Waals surface area contributed by atoms with Crippen molar-refractivity contribution in [1.82, 2.24) is 5.32 Å². The summed E-state index contributed by atoms with van der Waals surface area (Å²) in [6, 6.07) is 19.4. The molecule has 1 heterocycles. The summed E-state index contributed by atoms with van der Waals surface area (Å²) in [6.45, 7) is 2.06. The van der Waals surface area contributed by atoms with Crippen LogP contribution in [0.15, 0.2) is 78.4 Å². The van der Waals surface area contributed by atoms with Crippen molar-refractivity contribution in [2.45, 2.75) is 20.0 Å². The zero-order chi connectivity index (χ0) is 24.9. The largest absolute Gasteiger partial charge is 0.488 e. The number of imide groups is 2. The smallest absolute Gasteiger partial charge is 0.335 e. The first-order valence-electron chi connectivity index (χ1n) is 10.9. The Hall–Kier alpha value is -4.72. The predicted molar refractivity (Wildman–Crippen MR) is 129 cm³/mol. The maximum Gasteiger partial charge on any atom is 0.335 e. The second kappa shape index (κ2) is 10.0. The second-order valence-electron chi connectivity index (χ2n) is 7.77. The van der Waals surface area contributed by atoms with Crippen LogP contribution in [0.4, 0.5) is 10.5 Å². The number of rotatable bonds is 7. The van der Waals surface area contributed by atoms with Gasteiger partial charge in [0, 0.05) is 5.56 Å². The highest BCUT2D eigenvalue weighted by Crippen LogP contribution is 2.28. The second-order valence-corrected chi connectivity index (χ2v) is 7.77. The topological polar surface area (TPSA) is 113 Å². The minimum atomic E-state index is -1.01. The van der Waals surface area contributed by atoms with Crippen molar-refractivity contribution in [2.24, 2.45) is 0 Å². The molecule has 3 aromatic carbocycles. The number of nitrogens with one attached hydrogen (secondary N) is 1. The molecule has 4 rings (SSSR count). The Morgan fingerprint density at radius 1 is 0.971 bits per heavy atom. The molecule has 3 aromatic rings. The number of anilines is 1. The van der Waals surface area contributed by atoms with Gasteiger partial charge in [-0.15, -0.1) is 0 Å². The number of aromatic carboxylic acids is 1. The standard InChI is InChI=1S/C27H22N2O6/c1-2-18-7-3-5-9-22(18)29-25(31)21(24(30)28-27(29)34)15-20-8-4-6-10-23(20)35-16-17-11-13-19(14-12-17)26(32)33/h3-15H,2,16H2,1H3,(H,32,33)(H,28,30,34)/b21-15-. The van der Waals surface area contributed by atoms with Crippen LogP contribution in [-0.2, 0) is 22.6 Å². The lowest BCUT2D eigenvalue weighted by Crippen LogP contribution is -2.54. The number of ether oxygens (including phenoxy) is 1. The van der Waals surface area contributed by atoms with Gasteiger partial charge in [0.15, 0.2) is 0 Å². The summed E-state index contributed by atoms with van der Waals surface area (Å²) >= 11 is 0. The van der Waals surface area contributed by atoms with Crippen LogP contribution < -0.4 is 15.0 Å². The third-order valence-corrected chi connectivity index (χ3v) is 5.53. The van der Waals surface area contributed by atoms with Gasteiger partial charge in [0.2, 0.25) is 0 Å². The minimum absolute atomic E-state index is 0.148. The summed E-state index contributed by atoms with van der Waals surface area (Å²) in [7, 11) is 0. The van der Waals surface area contributed by atoms with E-state index in [1.807, 2.05) is 19.1 Å². The summed E-state index contributed by atoms with van der Waals surface area (Å²) in [4.78, 5) is 50.4. The maximum absolute atomic E-state index is 13.3. The number of para-hydroxylation sites is 2. The lowest BCUT2D eigenvalue weighted by molar-refractivity contribution is -0.122. The molecule has 0 unspecified atom stereocenters. The first kappa shape index (κ1) is 23.4. The molecule has 1 aliphatic rings. The first-order chi connectivity index (χ1) is 16.9. The van der Waals surface area contributed by atoms with E-state index in [-0.39, 0.29) is 17.7 Å². The molecule has 0 aromatic heterocycles. The Kier molecular flexibility index (Phi) is 6.73. The molecule has 176 valence electrons. The van der Waals surface area contributed by atoms with E-state index in [9.17, 15) is 19.2 Å². The number of benzene rings is 3. The number of amides is 4. The molecule has 8 heteroatoms. The minimum Gasteiger partial charge on any atom is -0.488 e. The third-order valence-electron chi connectivity index (χ3n) is 5.53. The van der Waals surface area contributed by atoms with Gasteiger partial charge in [0.1, 0.15) is 17.9 Å². The zero-order valence-corrected chi connectivity index (χ0v) is 18.9. The van der Waals surface area contributed by atoms with Gasteiger partial charge in [-0.3, -0.25) is 14.9 Å². The molecule has 4 amide bonds. The Bertz CT molecular complexity index is 1340. The summed E-state index contributed by atoms with van der Waals surface area (Å²) < 4.78 is 5.89. The summed E-state index contributed by atoms with van der Waals surface area (Å²) in [5.74, 6) is -2.11. The van der Waals surface area contributed by atoms with E-state index in [1.54, 1.807) is 48.5 Å². The summed E-state index contributed by atoms with van der Waals surface area (Å²) in [6.07, 6.45) is 2.00. The van der Waals surface area contributed by atoms with E-state index >= 15 is 0 Å². The van der Waals surface area contributed by atoms with Gasteiger partial charge in [-0.25, -0.2) is 14.5 Å². The Labute approximate surface area is 201 Å². The summed E-state index contributed by atoms with van der Waals surface area (Å²) in [5, 5.41) is 11.3. The quantitative estimate of drug-likeness (QED) is 0.395. The predicted octanol–water partition coefficient (Wildman–Crippen LogP) is 4.19. The molecule has 1 aliphatic heterocycles. The number of carbonyl (C=O) groups is 4. The average Bonchev–Trinajstić information content (AvgIpc) is 2.86. The first-order valence-corrected chi connectivity index (χ1v) is 10.9. The number of aryl methyl sites for hydroxylation is 1. The van der Waals surface area contributed by atoms with Crippen LogP contribution in [-0.4, -0.2) is 28.9 Å². The molecule has 0 atom stereocenters. The maximum atomic E-state index is 13.3. The van der Waals surface area contributed by atoms with Crippen molar-refractivity contribution in [3.05, 3.63) is 101 Å². The molecular weight excluding hydrogens is 448 g/mol. The SMILES string of the molecule is CCc1ccccc1N1C(=O)NC(=O)/C(=C/c2ccccc2OCc2ccc(C(=O)O)cc2)C1=O. The Morgan fingerprint density at radius 3 is 2.37 bits per heavy atom. The normalized spacial score (nSPS) is 14.7. The molecule has 2 N–H and O–H groups in total. The van der Waals surface area contributed by atoms with Crippen LogP contribution in [0.1, 0.15) is 34.0 Å². The van der Waals surface area contributed by atoms with E-state index in [1.165, 1.54) is 18.2 Å². The third kappa shape index (κ3) is 4.96. The number of carbonyl (C=O) groups excluding carboxylic acids is 3. The van der Waals surface area contributed by atoms with Crippen molar-refractivity contribution in [3.8, 4) is 5.75 Å². The van der Waals surface area contributed by atoms with E-state index in [4.69, 9.17) is 9.84 Å². The highest BCUT2D eigenvalue weighted by molar-refractivity contribution is 6.39. The highest BCUT2D eigenvalue weighted by Gasteiger charge is 2.37. The molecule has 0 bridgehead atoms. The van der Waals surface area contributed by atoms with Crippen molar-refractivity contribution in [1.29, 1.82) is 0 Å². The van der Waals surface area contributed by atoms with Crippen molar-refractivity contribution in [3.63, 3.8) is 0 Å². The molecule has 1 fully saturated rings. The average molecular weight is 470 g/mol. The van der Waals surface area contributed by atoms with Gasteiger partial charge in [0.05, 0.1) is 11.3 Å². The lowest BCUT2D eigenvalue weighted by atomic mass is 10.0. The Morgan fingerprint density at radius 2 is 1.66 bits per heavy atom. The van der Waals surface area contributed by atoms with Crippen LogP contribution >= 0.6 is 0 Å². The molecule has 35 heavy (non-hydrogen) atoms. The molecule has 0 spiro atoms. The number of nitrogens with zero attached hydrogens (tertiary/aromatic N) is 1. The molecule has 8 nitrogen and oxygen atoms in total. The number of hydrogen-bond donors (Lipinski definition) is 2. The van der Waals surface area contributed by atoms with Crippen LogP contribution in [0.2, 0.25) is 0 Å². The zero-order valence-electron chi connectivity index (χ0n) is 18.9. The number of carboxylic acids is 1. The van der Waals surface area contributed by atoms with Crippen LogP contribution in [0.5, 0.6) is 5.75 Å². The number of urea groups is 1. The number of carboxylic acid groups (broad SMARTS) is 1. The van der Waals surface area contributed by atoms with Crippen molar-refractivity contribution >= 4 is 35.6 Å². The van der Waals surface area contributed by atoms with Gasteiger partial charge in [-0.05, 0) is 47.9 Å². The van der Waals surface area contributed by atoms with E-state index in [2.05, 4.69) is 5.32 Å². The Balaban J connectivity index is 1.62. The van der Waals surface area contributed by atoms with E-state index in [0.717, 1.165) is 16.0 Å². The van der Waals surface area contributed by atoms with Crippen LogP contribution in [0.25, 0.3) is 6.08 Å². The lowest BCUT2D eigenvalue weighted by Gasteiger charge is -2.28. The molecule has 0 radical (unpaired) electrons. The van der Waals surface area contributed by atoms with E-state index in [0.29, 0.717) is 23.4 Å². The fraction of sp³-hybridized carbons (Fsp3) is 0.111. The van der Waals surface area contributed by atoms with Crippen LogP contribution in [0.3, 0.4) is 0 Å². The molecule has 0 aliphatic carbocycles. The molecular formula is C27H22N2O6. The molecule has 1 saturated heterocycles.